The average Bonchev–Trinajstić information content (AvgIpc) is 3.23. The molecular weight excluding hydrogens is 440 g/mol. The maximum absolute atomic E-state index is 12.4. The van der Waals surface area contributed by atoms with E-state index >= 15 is 0 Å². The number of hydrazone groups is 1. The lowest BCUT2D eigenvalue weighted by molar-refractivity contribution is -0.385. The van der Waals surface area contributed by atoms with Gasteiger partial charge in [0.15, 0.2) is 0 Å². The van der Waals surface area contributed by atoms with Gasteiger partial charge in [0, 0.05) is 31.6 Å². The summed E-state index contributed by atoms with van der Waals surface area (Å²) in [6.07, 6.45) is 0.00940. The Balaban J connectivity index is 1.58. The van der Waals surface area contributed by atoms with Crippen LogP contribution < -0.4 is 20.8 Å². The van der Waals surface area contributed by atoms with Crippen LogP contribution in [0, 0.1) is 10.1 Å². The molecule has 1 aliphatic heterocycles. The van der Waals surface area contributed by atoms with Gasteiger partial charge in [-0.05, 0) is 18.2 Å². The number of rotatable bonds is 9. The number of hydrogen-bond donors (Lipinski definition) is 3. The summed E-state index contributed by atoms with van der Waals surface area (Å²) in [5.74, 6) is -1.20. The van der Waals surface area contributed by atoms with Crippen molar-refractivity contribution in [2.45, 2.75) is 17.4 Å². The van der Waals surface area contributed by atoms with E-state index < -0.39 is 32.8 Å². The van der Waals surface area contributed by atoms with E-state index in [0.29, 0.717) is 5.69 Å². The van der Waals surface area contributed by atoms with Crippen molar-refractivity contribution < 1.29 is 22.9 Å². The first kappa shape index (κ1) is 22.8. The molecule has 1 heterocycles. The Morgan fingerprint density at radius 1 is 1.16 bits per heavy atom. The number of hydrogen-bond acceptors (Lipinski definition) is 8. The van der Waals surface area contributed by atoms with E-state index in [4.69, 9.17) is 5.73 Å². The smallest absolute Gasteiger partial charge is 0.270 e. The Labute approximate surface area is 183 Å². The summed E-state index contributed by atoms with van der Waals surface area (Å²) in [5.41, 5.74) is 5.77. The largest absolute Gasteiger partial charge is 0.368 e. The summed E-state index contributed by atoms with van der Waals surface area (Å²) in [5, 5.41) is 18.9. The maximum Gasteiger partial charge on any atom is 0.270 e. The highest BCUT2D eigenvalue weighted by atomic mass is 32.2. The van der Waals surface area contributed by atoms with E-state index in [1.807, 2.05) is 0 Å². The zero-order valence-corrected chi connectivity index (χ0v) is 17.5. The van der Waals surface area contributed by atoms with Crippen molar-refractivity contribution >= 4 is 38.9 Å². The monoisotopic (exact) mass is 460 g/mol. The number of nitro benzene ring substituents is 1. The minimum absolute atomic E-state index is 0.00940. The molecule has 1 aliphatic rings. The van der Waals surface area contributed by atoms with Gasteiger partial charge in [0.1, 0.15) is 11.8 Å². The van der Waals surface area contributed by atoms with Crippen LogP contribution in [0.1, 0.15) is 6.42 Å². The van der Waals surface area contributed by atoms with Crippen LogP contribution in [-0.4, -0.2) is 50.0 Å². The van der Waals surface area contributed by atoms with Gasteiger partial charge in [-0.3, -0.25) is 24.7 Å². The molecule has 168 valence electrons. The predicted octanol–water partition coefficient (Wildman–Crippen LogP) is 0.110. The number of nitrogens with zero attached hydrogens (tertiary/aromatic N) is 3. The van der Waals surface area contributed by atoms with Crippen molar-refractivity contribution in [3.63, 3.8) is 0 Å². The van der Waals surface area contributed by atoms with E-state index in [1.54, 1.807) is 30.3 Å². The van der Waals surface area contributed by atoms with E-state index in [2.05, 4.69) is 15.1 Å². The van der Waals surface area contributed by atoms with Gasteiger partial charge in [0.25, 0.3) is 11.6 Å². The number of carbonyl (C=O) groups is 2. The van der Waals surface area contributed by atoms with E-state index in [0.717, 1.165) is 6.07 Å². The molecule has 0 aromatic heterocycles. The third-order valence-corrected chi connectivity index (χ3v) is 6.02. The lowest BCUT2D eigenvalue weighted by atomic mass is 10.1. The standard InChI is InChI=1S/C19H20N6O6S/c20-18(26)17-12-16(23-24(17)13-5-2-1-3-6-13)19(27)21-9-10-22-32(30,31)15-8-4-7-14(11-15)25(28)29/h1-8,11,17,22H,9-10,12H2,(H2,20,26)(H,21,27). The second-order valence-electron chi connectivity index (χ2n) is 6.76. The fraction of sp³-hybridized carbons (Fsp3) is 0.211. The van der Waals surface area contributed by atoms with Crippen molar-refractivity contribution in [3.05, 3.63) is 64.7 Å². The third-order valence-electron chi connectivity index (χ3n) is 4.56. The van der Waals surface area contributed by atoms with Gasteiger partial charge in [-0.25, -0.2) is 13.1 Å². The van der Waals surface area contributed by atoms with Gasteiger partial charge in [0.05, 0.1) is 15.5 Å². The van der Waals surface area contributed by atoms with Crippen molar-refractivity contribution in [2.75, 3.05) is 18.1 Å². The summed E-state index contributed by atoms with van der Waals surface area (Å²) in [6.45, 7) is -0.232. The Kier molecular flexibility index (Phi) is 6.80. The number of nitro groups is 1. The molecule has 0 aliphatic carbocycles. The molecule has 0 fully saturated rings. The summed E-state index contributed by atoms with van der Waals surface area (Å²) < 4.78 is 26.9. The fourth-order valence-corrected chi connectivity index (χ4v) is 4.07. The van der Waals surface area contributed by atoms with Gasteiger partial charge < -0.3 is 11.1 Å². The third kappa shape index (κ3) is 5.25. The zero-order chi connectivity index (χ0) is 23.3. The van der Waals surface area contributed by atoms with Crippen LogP contribution in [-0.2, 0) is 19.6 Å². The Bertz CT molecular complexity index is 1170. The Hall–Kier alpha value is -3.84. The number of nitrogens with two attached hydrogens (primary N) is 1. The van der Waals surface area contributed by atoms with Gasteiger partial charge in [-0.2, -0.15) is 5.10 Å². The van der Waals surface area contributed by atoms with E-state index in [-0.39, 0.29) is 35.8 Å². The quantitative estimate of drug-likeness (QED) is 0.270. The molecule has 12 nitrogen and oxygen atoms in total. The van der Waals surface area contributed by atoms with Gasteiger partial charge in [0.2, 0.25) is 15.9 Å². The molecule has 2 aromatic rings. The molecule has 13 heteroatoms. The first-order chi connectivity index (χ1) is 15.2. The highest BCUT2D eigenvalue weighted by Crippen LogP contribution is 2.24. The number of primary amides is 1. The molecule has 1 unspecified atom stereocenters. The van der Waals surface area contributed by atoms with Crippen LogP contribution in [0.2, 0.25) is 0 Å². The van der Waals surface area contributed by atoms with E-state index in [9.17, 15) is 28.1 Å². The summed E-state index contributed by atoms with van der Waals surface area (Å²) in [6, 6.07) is 12.6. The molecule has 1 atom stereocenters. The fourth-order valence-electron chi connectivity index (χ4n) is 3.00. The van der Waals surface area contributed by atoms with Crippen LogP contribution in [0.25, 0.3) is 0 Å². The van der Waals surface area contributed by atoms with Crippen LogP contribution in [0.5, 0.6) is 0 Å². The van der Waals surface area contributed by atoms with Gasteiger partial charge in [-0.15, -0.1) is 0 Å². The normalized spacial score (nSPS) is 15.8. The Morgan fingerprint density at radius 3 is 2.53 bits per heavy atom. The molecule has 32 heavy (non-hydrogen) atoms. The molecule has 2 amide bonds. The molecule has 4 N–H and O–H groups in total. The maximum atomic E-state index is 12.4. The Morgan fingerprint density at radius 2 is 1.88 bits per heavy atom. The van der Waals surface area contributed by atoms with E-state index in [1.165, 1.54) is 23.2 Å². The van der Waals surface area contributed by atoms with Gasteiger partial charge >= 0.3 is 0 Å². The number of non-ortho nitro benzene ring substituents is 1. The van der Waals surface area contributed by atoms with Crippen LogP contribution in [0.3, 0.4) is 0 Å². The van der Waals surface area contributed by atoms with Crippen molar-refractivity contribution in [2.24, 2.45) is 10.8 Å². The first-order valence-corrected chi connectivity index (χ1v) is 10.9. The van der Waals surface area contributed by atoms with Crippen molar-refractivity contribution in [1.82, 2.24) is 10.0 Å². The molecule has 2 aromatic carbocycles. The number of benzene rings is 2. The number of carbonyl (C=O) groups excluding carboxylic acids is 2. The zero-order valence-electron chi connectivity index (χ0n) is 16.7. The first-order valence-electron chi connectivity index (χ1n) is 9.42. The molecule has 0 radical (unpaired) electrons. The second kappa shape index (κ2) is 9.53. The van der Waals surface area contributed by atoms with Crippen molar-refractivity contribution in [1.29, 1.82) is 0 Å². The number of amides is 2. The molecule has 0 spiro atoms. The molecule has 0 saturated carbocycles. The molecule has 3 rings (SSSR count). The van der Waals surface area contributed by atoms with Crippen LogP contribution >= 0.6 is 0 Å². The second-order valence-corrected chi connectivity index (χ2v) is 8.52. The SMILES string of the molecule is NC(=O)C1CC(C(=O)NCCNS(=O)(=O)c2cccc([N+](=O)[O-])c2)=NN1c1ccccc1. The number of anilines is 1. The molecule has 0 bridgehead atoms. The minimum atomic E-state index is -4.00. The summed E-state index contributed by atoms with van der Waals surface area (Å²) in [4.78, 5) is 34.1. The molecule has 0 saturated heterocycles. The van der Waals surface area contributed by atoms with Crippen LogP contribution in [0.4, 0.5) is 11.4 Å². The summed E-state index contributed by atoms with van der Waals surface area (Å²) >= 11 is 0. The number of nitrogens with one attached hydrogen (secondary N) is 2. The predicted molar refractivity (Wildman–Crippen MR) is 115 cm³/mol. The highest BCUT2D eigenvalue weighted by Gasteiger charge is 2.34. The lowest BCUT2D eigenvalue weighted by Gasteiger charge is -2.20. The minimum Gasteiger partial charge on any atom is -0.368 e. The summed E-state index contributed by atoms with van der Waals surface area (Å²) in [7, 11) is -4.00. The number of sulfonamides is 1. The molecular formula is C19H20N6O6S. The number of para-hydroxylation sites is 1. The highest BCUT2D eigenvalue weighted by molar-refractivity contribution is 7.89. The lowest BCUT2D eigenvalue weighted by Crippen LogP contribution is -2.40. The van der Waals surface area contributed by atoms with Crippen LogP contribution in [0.15, 0.2) is 64.6 Å². The topological polar surface area (TPSA) is 177 Å². The average molecular weight is 460 g/mol. The van der Waals surface area contributed by atoms with Gasteiger partial charge in [-0.1, -0.05) is 24.3 Å². The van der Waals surface area contributed by atoms with Crippen molar-refractivity contribution in [3.8, 4) is 0 Å².